The number of nitrogens with one attached hydrogen (secondary N) is 1. The van der Waals surface area contributed by atoms with Gasteiger partial charge in [0.05, 0.1) is 18.8 Å². The van der Waals surface area contributed by atoms with Gasteiger partial charge in [0.15, 0.2) is 17.2 Å². The third-order valence-corrected chi connectivity index (χ3v) is 4.74. The van der Waals surface area contributed by atoms with E-state index in [0.717, 1.165) is 17.0 Å². The van der Waals surface area contributed by atoms with Crippen molar-refractivity contribution in [3.8, 4) is 11.5 Å². The van der Waals surface area contributed by atoms with Crippen LogP contribution in [0.4, 0.5) is 10.1 Å². The molecule has 1 N–H and O–H groups in total. The van der Waals surface area contributed by atoms with Gasteiger partial charge in [-0.25, -0.2) is 4.39 Å². The summed E-state index contributed by atoms with van der Waals surface area (Å²) >= 11 is 0. The van der Waals surface area contributed by atoms with Crippen molar-refractivity contribution < 1.29 is 23.4 Å². The lowest BCUT2D eigenvalue weighted by atomic mass is 10.1. The van der Waals surface area contributed by atoms with E-state index in [1.807, 2.05) is 18.2 Å². The average molecular weight is 381 g/mol. The molecule has 0 aliphatic carbocycles. The van der Waals surface area contributed by atoms with Crippen LogP contribution in [0.5, 0.6) is 11.5 Å². The predicted octanol–water partition coefficient (Wildman–Crippen LogP) is 3.27. The van der Waals surface area contributed by atoms with Gasteiger partial charge in [0.2, 0.25) is 6.79 Å². The predicted molar refractivity (Wildman–Crippen MR) is 96.7 cm³/mol. The van der Waals surface area contributed by atoms with Gasteiger partial charge in [-0.05, 0) is 48.0 Å². The summed E-state index contributed by atoms with van der Waals surface area (Å²) in [5.74, 6) is 0.709. The molecule has 2 aliphatic rings. The third kappa shape index (κ3) is 3.07. The van der Waals surface area contributed by atoms with Crippen LogP contribution in [0.25, 0.3) is 0 Å². The number of benzene rings is 2. The normalized spacial score (nSPS) is 17.2. The number of nitrogens with zero attached hydrogens (tertiary/aromatic N) is 2. The topological polar surface area (TPSA) is 74.6 Å². The largest absolute Gasteiger partial charge is 0.454 e. The summed E-state index contributed by atoms with van der Waals surface area (Å²) < 4.78 is 31.5. The molecule has 28 heavy (non-hydrogen) atoms. The summed E-state index contributed by atoms with van der Waals surface area (Å²) in [5, 5.41) is 7.12. The molecule has 142 valence electrons. The first-order valence-corrected chi connectivity index (χ1v) is 8.80. The minimum absolute atomic E-state index is 0.199. The van der Waals surface area contributed by atoms with Crippen molar-refractivity contribution in [2.75, 3.05) is 12.1 Å². The van der Waals surface area contributed by atoms with Crippen molar-refractivity contribution in [3.05, 3.63) is 71.3 Å². The Morgan fingerprint density at radius 3 is 2.79 bits per heavy atom. The highest BCUT2D eigenvalue weighted by molar-refractivity contribution is 6.02. The van der Waals surface area contributed by atoms with Gasteiger partial charge >= 0.3 is 0 Å². The molecule has 7 nitrogen and oxygen atoms in total. The Kier molecular flexibility index (Phi) is 3.98. The van der Waals surface area contributed by atoms with Crippen LogP contribution in [0.1, 0.15) is 27.8 Å². The number of carbonyl (C=O) groups is 1. The summed E-state index contributed by atoms with van der Waals surface area (Å²) in [6, 6.07) is 13.0. The molecule has 0 saturated heterocycles. The lowest BCUT2D eigenvalue weighted by Crippen LogP contribution is -2.22. The van der Waals surface area contributed by atoms with Crippen molar-refractivity contribution in [3.63, 3.8) is 0 Å². The number of hydrogen-bond donors (Lipinski definition) is 1. The van der Waals surface area contributed by atoms with E-state index < -0.39 is 0 Å². The molecular weight excluding hydrogens is 365 g/mol. The third-order valence-electron chi connectivity index (χ3n) is 4.74. The molecule has 3 heterocycles. The van der Waals surface area contributed by atoms with E-state index in [2.05, 4.69) is 10.4 Å². The Hall–Kier alpha value is -3.39. The molecule has 1 unspecified atom stereocenters. The fraction of sp³-hybridized carbons (Fsp3) is 0.200. The lowest BCUT2D eigenvalue weighted by molar-refractivity contribution is -0.00127. The summed E-state index contributed by atoms with van der Waals surface area (Å²) in [5.41, 5.74) is 2.57. The van der Waals surface area contributed by atoms with Gasteiger partial charge < -0.3 is 19.5 Å². The zero-order valence-corrected chi connectivity index (χ0v) is 14.7. The number of carbonyl (C=O) groups excluding carboxylic acids is 1. The highest BCUT2D eigenvalue weighted by Gasteiger charge is 2.26. The van der Waals surface area contributed by atoms with Crippen LogP contribution in [0, 0.1) is 5.82 Å². The minimum atomic E-state index is -0.359. The van der Waals surface area contributed by atoms with E-state index in [-0.39, 0.29) is 30.3 Å². The highest BCUT2D eigenvalue weighted by atomic mass is 19.1. The standard InChI is InChI=1S/C20H16FN3O4/c21-13-2-4-14(5-3-13)22-20(25)16-8-15-10-26-19(9-24(15)23-16)12-1-6-17-18(7-12)28-11-27-17/h1-8,19H,9-11H2,(H,22,25). The molecule has 3 aromatic rings. The second kappa shape index (κ2) is 6.65. The van der Waals surface area contributed by atoms with Gasteiger partial charge in [-0.2, -0.15) is 5.10 Å². The molecule has 0 fully saturated rings. The quantitative estimate of drug-likeness (QED) is 0.754. The second-order valence-electron chi connectivity index (χ2n) is 6.58. The summed E-state index contributed by atoms with van der Waals surface area (Å²) in [6.07, 6.45) is -0.199. The number of anilines is 1. The van der Waals surface area contributed by atoms with E-state index in [1.165, 1.54) is 24.3 Å². The molecule has 2 aromatic carbocycles. The molecule has 0 radical (unpaired) electrons. The molecule has 0 saturated carbocycles. The number of aromatic nitrogens is 2. The van der Waals surface area contributed by atoms with Crippen LogP contribution in [-0.4, -0.2) is 22.5 Å². The number of hydrogen-bond acceptors (Lipinski definition) is 5. The Balaban J connectivity index is 1.32. The highest BCUT2D eigenvalue weighted by Crippen LogP contribution is 2.36. The van der Waals surface area contributed by atoms with Crippen molar-refractivity contribution in [2.24, 2.45) is 0 Å². The van der Waals surface area contributed by atoms with Crippen molar-refractivity contribution in [2.45, 2.75) is 19.3 Å². The number of rotatable bonds is 3. The average Bonchev–Trinajstić information content (AvgIpc) is 3.35. The van der Waals surface area contributed by atoms with E-state index in [9.17, 15) is 9.18 Å². The Labute approximate surface area is 159 Å². The lowest BCUT2D eigenvalue weighted by Gasteiger charge is -2.24. The molecule has 1 amide bonds. The maximum atomic E-state index is 13.0. The number of ether oxygens (including phenoxy) is 3. The Morgan fingerprint density at radius 1 is 1.11 bits per heavy atom. The fourth-order valence-corrected chi connectivity index (χ4v) is 3.28. The second-order valence-corrected chi connectivity index (χ2v) is 6.58. The summed E-state index contributed by atoms with van der Waals surface area (Å²) in [7, 11) is 0. The maximum absolute atomic E-state index is 13.0. The van der Waals surface area contributed by atoms with Crippen LogP contribution in [0.2, 0.25) is 0 Å². The van der Waals surface area contributed by atoms with Gasteiger partial charge in [0.1, 0.15) is 11.9 Å². The minimum Gasteiger partial charge on any atom is -0.454 e. The number of fused-ring (bicyclic) bond motifs is 2. The summed E-state index contributed by atoms with van der Waals surface area (Å²) in [6.45, 7) is 1.05. The maximum Gasteiger partial charge on any atom is 0.276 e. The fourth-order valence-electron chi connectivity index (χ4n) is 3.28. The Morgan fingerprint density at radius 2 is 1.93 bits per heavy atom. The van der Waals surface area contributed by atoms with Crippen LogP contribution in [0.15, 0.2) is 48.5 Å². The monoisotopic (exact) mass is 381 g/mol. The van der Waals surface area contributed by atoms with Crippen LogP contribution < -0.4 is 14.8 Å². The van der Waals surface area contributed by atoms with Gasteiger partial charge in [-0.1, -0.05) is 6.07 Å². The van der Waals surface area contributed by atoms with Gasteiger partial charge in [-0.15, -0.1) is 0 Å². The van der Waals surface area contributed by atoms with Crippen molar-refractivity contribution in [1.29, 1.82) is 0 Å². The molecule has 8 heteroatoms. The molecule has 1 aromatic heterocycles. The first kappa shape index (κ1) is 16.8. The van der Waals surface area contributed by atoms with Gasteiger partial charge in [0, 0.05) is 5.69 Å². The summed E-state index contributed by atoms with van der Waals surface area (Å²) in [4.78, 5) is 12.4. The first-order chi connectivity index (χ1) is 13.7. The van der Waals surface area contributed by atoms with E-state index >= 15 is 0 Å². The zero-order chi connectivity index (χ0) is 19.1. The van der Waals surface area contributed by atoms with Crippen molar-refractivity contribution >= 4 is 11.6 Å². The Bertz CT molecular complexity index is 1050. The molecule has 2 aliphatic heterocycles. The molecule has 1 atom stereocenters. The first-order valence-electron chi connectivity index (χ1n) is 8.80. The number of amides is 1. The number of halogens is 1. The molecule has 0 spiro atoms. The molecule has 5 rings (SSSR count). The van der Waals surface area contributed by atoms with Crippen LogP contribution in [0.3, 0.4) is 0 Å². The zero-order valence-electron chi connectivity index (χ0n) is 14.7. The van der Waals surface area contributed by atoms with Crippen molar-refractivity contribution in [1.82, 2.24) is 9.78 Å². The van der Waals surface area contributed by atoms with E-state index in [1.54, 1.807) is 10.7 Å². The van der Waals surface area contributed by atoms with Crippen LogP contribution >= 0.6 is 0 Å². The van der Waals surface area contributed by atoms with Gasteiger partial charge in [0.25, 0.3) is 5.91 Å². The van der Waals surface area contributed by atoms with E-state index in [0.29, 0.717) is 24.6 Å². The molecule has 0 bridgehead atoms. The smallest absolute Gasteiger partial charge is 0.276 e. The SMILES string of the molecule is O=C(Nc1ccc(F)cc1)c1cc2n(n1)CC(c1ccc3c(c1)OCO3)OC2. The van der Waals surface area contributed by atoms with E-state index in [4.69, 9.17) is 14.2 Å². The van der Waals surface area contributed by atoms with Gasteiger partial charge in [-0.3, -0.25) is 9.48 Å². The molecular formula is C20H16FN3O4. The van der Waals surface area contributed by atoms with Crippen LogP contribution in [-0.2, 0) is 17.9 Å².